The van der Waals surface area contributed by atoms with Crippen LogP contribution in [-0.4, -0.2) is 75.1 Å². The van der Waals surface area contributed by atoms with Gasteiger partial charge in [0.1, 0.15) is 12.2 Å². The Labute approximate surface area is 193 Å². The zero-order valence-corrected chi connectivity index (χ0v) is 18.7. The van der Waals surface area contributed by atoms with Gasteiger partial charge in [-0.15, -0.1) is 0 Å². The minimum Gasteiger partial charge on any atom is -0.477 e. The van der Waals surface area contributed by atoms with Crippen molar-refractivity contribution in [2.24, 2.45) is 5.16 Å². The lowest BCUT2D eigenvalue weighted by Crippen LogP contribution is -2.63. The van der Waals surface area contributed by atoms with Crippen molar-refractivity contribution in [3.8, 4) is 5.69 Å². The summed E-state index contributed by atoms with van der Waals surface area (Å²) in [6, 6.07) is 4.44. The van der Waals surface area contributed by atoms with E-state index in [4.69, 9.17) is 4.84 Å². The van der Waals surface area contributed by atoms with Gasteiger partial charge in [-0.2, -0.15) is 0 Å². The van der Waals surface area contributed by atoms with Crippen LogP contribution in [0.25, 0.3) is 16.7 Å². The summed E-state index contributed by atoms with van der Waals surface area (Å²) >= 11 is 0. The van der Waals surface area contributed by atoms with Gasteiger partial charge in [0.05, 0.1) is 35.1 Å². The summed E-state index contributed by atoms with van der Waals surface area (Å²) in [5.41, 5.74) is -0.186. The van der Waals surface area contributed by atoms with Crippen molar-refractivity contribution in [1.82, 2.24) is 19.4 Å². The van der Waals surface area contributed by atoms with Gasteiger partial charge in [0.25, 0.3) is 0 Å². The summed E-state index contributed by atoms with van der Waals surface area (Å²) in [6.07, 6.45) is 5.15. The summed E-state index contributed by atoms with van der Waals surface area (Å²) in [4.78, 5) is 42.4. The van der Waals surface area contributed by atoms with Gasteiger partial charge in [-0.05, 0) is 38.6 Å². The van der Waals surface area contributed by atoms with Crippen molar-refractivity contribution < 1.29 is 19.1 Å². The lowest BCUT2D eigenvalue weighted by Gasteiger charge is -2.48. The Bertz CT molecular complexity index is 1380. The average Bonchev–Trinajstić information content (AvgIpc) is 3.24. The van der Waals surface area contributed by atoms with Crippen LogP contribution in [0.15, 0.2) is 46.7 Å². The number of rotatable bonds is 5. The Morgan fingerprint density at radius 1 is 1.41 bits per heavy atom. The lowest BCUT2D eigenvalue weighted by molar-refractivity contribution is 0.0695. The number of nitrogens with zero attached hydrogens (tertiary/aromatic N) is 6. The highest BCUT2D eigenvalue weighted by Crippen LogP contribution is 2.38. The number of carboxylic acids is 1. The maximum Gasteiger partial charge on any atom is 0.341 e. The van der Waals surface area contributed by atoms with Crippen LogP contribution in [-0.2, 0) is 4.84 Å². The van der Waals surface area contributed by atoms with Gasteiger partial charge >= 0.3 is 5.97 Å². The molecule has 2 fully saturated rings. The highest BCUT2D eigenvalue weighted by molar-refractivity contribution is 6.01. The van der Waals surface area contributed by atoms with Crippen LogP contribution >= 0.6 is 0 Å². The molecule has 3 aromatic rings. The molecule has 2 aliphatic rings. The second-order valence-electron chi connectivity index (χ2n) is 8.44. The second-order valence-corrected chi connectivity index (χ2v) is 8.44. The molecule has 11 heteroatoms. The third kappa shape index (κ3) is 3.31. The number of anilines is 1. The minimum absolute atomic E-state index is 0.0639. The predicted molar refractivity (Wildman–Crippen MR) is 123 cm³/mol. The normalized spacial score (nSPS) is 21.4. The van der Waals surface area contributed by atoms with E-state index in [1.807, 2.05) is 14.0 Å². The molecule has 0 aromatic carbocycles. The summed E-state index contributed by atoms with van der Waals surface area (Å²) in [6.45, 7) is 3.96. The molecule has 0 aliphatic carbocycles. The standard InChI is InChI=1S/C23H23FN6O4/c1-3-34-27-18-12-29(13-23(18)6-8-28(23)2)21-17(24)9-15-19(31)16(22(32)33)11-30(20(15)26-21)14-5-4-7-25-10-14/h4-5,7,9-11H,3,6,8,12-13H2,1-2H3,(H,32,33)/b27-18+. The highest BCUT2D eigenvalue weighted by Gasteiger charge is 2.53. The number of likely N-dealkylation sites (tertiary alicyclic amines) is 1. The number of hydrogen-bond donors (Lipinski definition) is 1. The number of hydrogen-bond acceptors (Lipinski definition) is 8. The molecule has 5 heterocycles. The molecule has 3 aromatic heterocycles. The third-order valence-corrected chi connectivity index (χ3v) is 6.59. The number of pyridine rings is 3. The Kier molecular flexibility index (Phi) is 5.28. The quantitative estimate of drug-likeness (QED) is 0.568. The number of carbonyl (C=O) groups is 1. The van der Waals surface area contributed by atoms with Crippen LogP contribution in [0.1, 0.15) is 23.7 Å². The first-order valence-electron chi connectivity index (χ1n) is 10.9. The number of halogens is 1. The minimum atomic E-state index is -1.40. The Morgan fingerprint density at radius 3 is 2.85 bits per heavy atom. The summed E-state index contributed by atoms with van der Waals surface area (Å²) in [5, 5.41) is 13.7. The molecule has 0 bridgehead atoms. The van der Waals surface area contributed by atoms with Crippen molar-refractivity contribution in [1.29, 1.82) is 0 Å². The fourth-order valence-electron chi connectivity index (χ4n) is 4.65. The molecule has 1 atom stereocenters. The van der Waals surface area contributed by atoms with E-state index in [0.717, 1.165) is 24.7 Å². The van der Waals surface area contributed by atoms with Crippen molar-refractivity contribution in [3.63, 3.8) is 0 Å². The lowest BCUT2D eigenvalue weighted by atomic mass is 9.83. The van der Waals surface area contributed by atoms with E-state index in [-0.39, 0.29) is 22.4 Å². The largest absolute Gasteiger partial charge is 0.477 e. The van der Waals surface area contributed by atoms with Gasteiger partial charge in [0.2, 0.25) is 5.43 Å². The van der Waals surface area contributed by atoms with Crippen LogP contribution in [0, 0.1) is 5.82 Å². The molecule has 2 aliphatic heterocycles. The van der Waals surface area contributed by atoms with Crippen LogP contribution in [0.5, 0.6) is 0 Å². The molecule has 0 amide bonds. The highest BCUT2D eigenvalue weighted by atomic mass is 19.1. The Hall–Kier alpha value is -3.86. The number of likely N-dealkylation sites (N-methyl/N-ethyl adjacent to an activating group) is 1. The molecule has 1 unspecified atom stereocenters. The molecule has 176 valence electrons. The van der Waals surface area contributed by atoms with Crippen molar-refractivity contribution in [3.05, 3.63) is 58.4 Å². The van der Waals surface area contributed by atoms with Gasteiger partial charge in [0, 0.05) is 25.5 Å². The van der Waals surface area contributed by atoms with Gasteiger partial charge < -0.3 is 14.8 Å². The molecule has 1 spiro atoms. The molecular formula is C23H23FN6O4. The van der Waals surface area contributed by atoms with Crippen molar-refractivity contribution >= 4 is 28.5 Å². The number of carboxylic acid groups (broad SMARTS) is 1. The molecule has 0 saturated carbocycles. The van der Waals surface area contributed by atoms with E-state index in [1.54, 1.807) is 23.2 Å². The van der Waals surface area contributed by atoms with E-state index in [2.05, 4.69) is 20.0 Å². The summed E-state index contributed by atoms with van der Waals surface area (Å²) in [5.74, 6) is -2.05. The van der Waals surface area contributed by atoms with Gasteiger partial charge in [-0.25, -0.2) is 14.2 Å². The van der Waals surface area contributed by atoms with E-state index >= 15 is 4.39 Å². The average molecular weight is 466 g/mol. The third-order valence-electron chi connectivity index (χ3n) is 6.59. The molecule has 5 rings (SSSR count). The fourth-order valence-corrected chi connectivity index (χ4v) is 4.65. The van der Waals surface area contributed by atoms with E-state index in [1.165, 1.54) is 17.0 Å². The number of aromatic carboxylic acids is 1. The molecule has 0 radical (unpaired) electrons. The van der Waals surface area contributed by atoms with Crippen LogP contribution < -0.4 is 10.3 Å². The van der Waals surface area contributed by atoms with Crippen LogP contribution in [0.2, 0.25) is 0 Å². The smallest absolute Gasteiger partial charge is 0.341 e. The Morgan fingerprint density at radius 2 is 2.24 bits per heavy atom. The zero-order valence-electron chi connectivity index (χ0n) is 18.7. The number of oxime groups is 1. The summed E-state index contributed by atoms with van der Waals surface area (Å²) < 4.78 is 16.8. The van der Waals surface area contributed by atoms with Crippen LogP contribution in [0.4, 0.5) is 10.2 Å². The topological polar surface area (TPSA) is 113 Å². The molecular weight excluding hydrogens is 443 g/mol. The first-order valence-corrected chi connectivity index (χ1v) is 10.9. The maximum absolute atomic E-state index is 15.4. The van der Waals surface area contributed by atoms with Crippen molar-refractivity contribution in [2.75, 3.05) is 38.2 Å². The maximum atomic E-state index is 15.4. The molecule has 34 heavy (non-hydrogen) atoms. The molecule has 1 N–H and O–H groups in total. The SMILES string of the molecule is CCO/N=C1\CN(c2nc3c(cc2F)c(=O)c(C(=O)O)cn3-c2cccnc2)CC12CCN2C. The van der Waals surface area contributed by atoms with Crippen molar-refractivity contribution in [2.45, 2.75) is 18.9 Å². The van der Waals surface area contributed by atoms with E-state index < -0.39 is 22.8 Å². The van der Waals surface area contributed by atoms with Gasteiger partial charge in [-0.3, -0.25) is 19.2 Å². The number of aromatic nitrogens is 3. The fraction of sp³-hybridized carbons (Fsp3) is 0.348. The van der Waals surface area contributed by atoms with Crippen LogP contribution in [0.3, 0.4) is 0 Å². The first-order chi connectivity index (χ1) is 16.4. The van der Waals surface area contributed by atoms with E-state index in [9.17, 15) is 14.7 Å². The summed E-state index contributed by atoms with van der Waals surface area (Å²) in [7, 11) is 1.99. The van der Waals surface area contributed by atoms with E-state index in [0.29, 0.717) is 25.4 Å². The molecule has 10 nitrogen and oxygen atoms in total. The Balaban J connectivity index is 1.68. The molecule has 2 saturated heterocycles. The van der Waals surface area contributed by atoms with Gasteiger partial charge in [0.15, 0.2) is 17.3 Å². The second kappa shape index (κ2) is 8.17. The van der Waals surface area contributed by atoms with Gasteiger partial charge in [-0.1, -0.05) is 5.16 Å². The predicted octanol–water partition coefficient (Wildman–Crippen LogP) is 1.90. The first kappa shape index (κ1) is 22.0. The number of fused-ring (bicyclic) bond motifs is 1. The zero-order chi connectivity index (χ0) is 24.0. The monoisotopic (exact) mass is 466 g/mol.